The summed E-state index contributed by atoms with van der Waals surface area (Å²) in [7, 11) is 0. The van der Waals surface area contributed by atoms with Crippen LogP contribution in [0.15, 0.2) is 24.3 Å². The van der Waals surface area contributed by atoms with Gasteiger partial charge in [-0.2, -0.15) is 5.26 Å². The predicted molar refractivity (Wildman–Crippen MR) is 66.8 cm³/mol. The number of hydrogen-bond acceptors (Lipinski definition) is 5. The fraction of sp³-hybridized carbons (Fsp3) is 0.154. The summed E-state index contributed by atoms with van der Waals surface area (Å²) in [5.74, 6) is -0.435. The van der Waals surface area contributed by atoms with Crippen LogP contribution in [0.25, 0.3) is 10.9 Å². The number of hydrogen-bond donors (Lipinski definition) is 1. The zero-order valence-electron chi connectivity index (χ0n) is 9.80. The summed E-state index contributed by atoms with van der Waals surface area (Å²) in [6.45, 7) is 1.99. The maximum atomic E-state index is 11.7. The summed E-state index contributed by atoms with van der Waals surface area (Å²) in [6, 6.07) is 8.78. The first kappa shape index (κ1) is 11.9. The molecule has 0 fully saturated rings. The number of anilines is 1. The second kappa shape index (κ2) is 4.72. The van der Waals surface area contributed by atoms with Crippen LogP contribution in [0.5, 0.6) is 0 Å². The molecule has 0 atom stereocenters. The highest BCUT2D eigenvalue weighted by Gasteiger charge is 2.14. The molecule has 0 aliphatic rings. The maximum Gasteiger partial charge on any atom is 0.341 e. The smallest absolute Gasteiger partial charge is 0.341 e. The molecule has 0 saturated heterocycles. The molecule has 2 N–H and O–H groups in total. The number of nitrogens with two attached hydrogens (primary N) is 1. The van der Waals surface area contributed by atoms with E-state index in [9.17, 15) is 4.79 Å². The zero-order chi connectivity index (χ0) is 13.1. The molecular formula is C13H11N3O2. The zero-order valence-corrected chi connectivity index (χ0v) is 9.80. The molecule has 0 bridgehead atoms. The number of nitrogens with zero attached hydrogens (tertiary/aromatic N) is 2. The van der Waals surface area contributed by atoms with E-state index in [2.05, 4.69) is 4.98 Å². The van der Waals surface area contributed by atoms with Crippen LogP contribution in [0.1, 0.15) is 22.8 Å². The van der Waals surface area contributed by atoms with E-state index in [0.717, 1.165) is 0 Å². The minimum absolute atomic E-state index is 0.0728. The first-order chi connectivity index (χ1) is 8.67. The van der Waals surface area contributed by atoms with Crippen molar-refractivity contribution < 1.29 is 9.53 Å². The lowest BCUT2D eigenvalue weighted by Crippen LogP contribution is -2.09. The van der Waals surface area contributed by atoms with Crippen molar-refractivity contribution >= 4 is 22.7 Å². The van der Waals surface area contributed by atoms with Crippen LogP contribution in [-0.2, 0) is 4.74 Å². The lowest BCUT2D eigenvalue weighted by Gasteiger charge is -2.07. The number of rotatable bonds is 2. The summed E-state index contributed by atoms with van der Waals surface area (Å²) in [4.78, 5) is 15.8. The Morgan fingerprint density at radius 3 is 3.00 bits per heavy atom. The van der Waals surface area contributed by atoms with Gasteiger partial charge in [0.2, 0.25) is 0 Å². The van der Waals surface area contributed by atoms with E-state index in [1.54, 1.807) is 31.2 Å². The van der Waals surface area contributed by atoms with Crippen LogP contribution in [0, 0.1) is 11.3 Å². The molecule has 5 nitrogen and oxygen atoms in total. The number of nitrogen functional groups attached to an aromatic ring is 1. The van der Waals surface area contributed by atoms with Gasteiger partial charge in [0.1, 0.15) is 17.5 Å². The van der Waals surface area contributed by atoms with Gasteiger partial charge in [-0.25, -0.2) is 9.78 Å². The van der Waals surface area contributed by atoms with E-state index in [0.29, 0.717) is 16.5 Å². The summed E-state index contributed by atoms with van der Waals surface area (Å²) in [6.07, 6.45) is 0. The van der Waals surface area contributed by atoms with Gasteiger partial charge in [-0.15, -0.1) is 0 Å². The number of fused-ring (bicyclic) bond motifs is 1. The summed E-state index contributed by atoms with van der Waals surface area (Å²) in [5.41, 5.74) is 6.86. The highest BCUT2D eigenvalue weighted by molar-refractivity contribution is 5.99. The number of ether oxygens (including phenoxy) is 1. The van der Waals surface area contributed by atoms with Crippen molar-refractivity contribution in [3.05, 3.63) is 35.4 Å². The van der Waals surface area contributed by atoms with Crippen molar-refractivity contribution in [2.24, 2.45) is 0 Å². The van der Waals surface area contributed by atoms with Crippen molar-refractivity contribution in [2.45, 2.75) is 6.92 Å². The molecule has 1 aromatic heterocycles. The molecule has 2 aromatic rings. The Morgan fingerprint density at radius 2 is 2.33 bits per heavy atom. The first-order valence-corrected chi connectivity index (χ1v) is 5.43. The topological polar surface area (TPSA) is 89.0 Å². The van der Waals surface area contributed by atoms with Gasteiger partial charge in [-0.05, 0) is 19.1 Å². The summed E-state index contributed by atoms with van der Waals surface area (Å²) in [5, 5.41) is 9.65. The molecule has 0 saturated carbocycles. The Balaban J connectivity index is 2.64. The van der Waals surface area contributed by atoms with Crippen LogP contribution >= 0.6 is 0 Å². The highest BCUT2D eigenvalue weighted by atomic mass is 16.5. The maximum absolute atomic E-state index is 11.7. The quantitative estimate of drug-likeness (QED) is 0.810. The van der Waals surface area contributed by atoms with Crippen molar-refractivity contribution in [1.29, 1.82) is 5.26 Å². The molecule has 0 radical (unpaired) electrons. The second-order valence-electron chi connectivity index (χ2n) is 3.63. The molecule has 2 rings (SSSR count). The summed E-state index contributed by atoms with van der Waals surface area (Å²) >= 11 is 0. The van der Waals surface area contributed by atoms with Crippen molar-refractivity contribution in [3.63, 3.8) is 0 Å². The van der Waals surface area contributed by atoms with Gasteiger partial charge < -0.3 is 10.5 Å². The number of nitriles is 1. The number of esters is 1. The fourth-order valence-electron chi connectivity index (χ4n) is 1.68. The largest absolute Gasteiger partial charge is 0.462 e. The second-order valence-corrected chi connectivity index (χ2v) is 3.63. The molecule has 1 aromatic carbocycles. The van der Waals surface area contributed by atoms with Crippen LogP contribution in [0.3, 0.4) is 0 Å². The molecule has 0 spiro atoms. The number of aromatic nitrogens is 1. The van der Waals surface area contributed by atoms with E-state index in [4.69, 9.17) is 15.7 Å². The van der Waals surface area contributed by atoms with E-state index in [-0.39, 0.29) is 18.0 Å². The Bertz CT molecular complexity index is 659. The molecule has 0 unspecified atom stereocenters. The van der Waals surface area contributed by atoms with E-state index < -0.39 is 5.97 Å². The Kier molecular flexibility index (Phi) is 3.11. The third kappa shape index (κ3) is 1.96. The van der Waals surface area contributed by atoms with E-state index in [1.807, 2.05) is 6.07 Å². The minimum atomic E-state index is -0.508. The Labute approximate surface area is 104 Å². The Morgan fingerprint density at radius 1 is 1.56 bits per heavy atom. The number of benzene rings is 1. The van der Waals surface area contributed by atoms with Crippen molar-refractivity contribution in [2.75, 3.05) is 12.3 Å². The molecule has 0 aliphatic carbocycles. The van der Waals surface area contributed by atoms with E-state index in [1.165, 1.54) is 0 Å². The predicted octanol–water partition coefficient (Wildman–Crippen LogP) is 1.87. The average Bonchev–Trinajstić information content (AvgIpc) is 2.37. The fourth-order valence-corrected chi connectivity index (χ4v) is 1.68. The standard InChI is InChI=1S/C13H11N3O2/c1-2-18-13(17)10-6-8-4-3-5-9(7-14)11(8)16-12(10)15/h3-6H,2H2,1H3,(H2,15,16). The van der Waals surface area contributed by atoms with Gasteiger partial charge >= 0.3 is 5.97 Å². The molecule has 18 heavy (non-hydrogen) atoms. The SMILES string of the molecule is CCOC(=O)c1cc2cccc(C#N)c2nc1N. The molecule has 5 heteroatoms. The average molecular weight is 241 g/mol. The van der Waals surface area contributed by atoms with E-state index >= 15 is 0 Å². The third-order valence-electron chi connectivity index (χ3n) is 2.49. The minimum Gasteiger partial charge on any atom is -0.462 e. The van der Waals surface area contributed by atoms with Gasteiger partial charge in [-0.3, -0.25) is 0 Å². The molecule has 0 amide bonds. The highest BCUT2D eigenvalue weighted by Crippen LogP contribution is 2.21. The third-order valence-corrected chi connectivity index (χ3v) is 2.49. The molecule has 0 aliphatic heterocycles. The van der Waals surface area contributed by atoms with Crippen LogP contribution in [0.4, 0.5) is 5.82 Å². The van der Waals surface area contributed by atoms with Crippen LogP contribution in [0.2, 0.25) is 0 Å². The molecule has 1 heterocycles. The van der Waals surface area contributed by atoms with Crippen LogP contribution < -0.4 is 5.73 Å². The first-order valence-electron chi connectivity index (χ1n) is 5.43. The number of para-hydroxylation sites is 1. The number of carbonyl (C=O) groups excluding carboxylic acids is 1. The normalized spacial score (nSPS) is 10.0. The molecular weight excluding hydrogens is 230 g/mol. The molecule has 90 valence electrons. The summed E-state index contributed by atoms with van der Waals surface area (Å²) < 4.78 is 4.89. The lowest BCUT2D eigenvalue weighted by molar-refractivity contribution is 0.0527. The van der Waals surface area contributed by atoms with Crippen LogP contribution in [-0.4, -0.2) is 17.6 Å². The van der Waals surface area contributed by atoms with Gasteiger partial charge in [0.25, 0.3) is 0 Å². The lowest BCUT2D eigenvalue weighted by atomic mass is 10.1. The monoisotopic (exact) mass is 241 g/mol. The Hall–Kier alpha value is -2.61. The number of pyridine rings is 1. The van der Waals surface area contributed by atoms with Crippen molar-refractivity contribution in [3.8, 4) is 6.07 Å². The number of carbonyl (C=O) groups is 1. The van der Waals surface area contributed by atoms with Gasteiger partial charge in [0.05, 0.1) is 17.7 Å². The van der Waals surface area contributed by atoms with Crippen molar-refractivity contribution in [1.82, 2.24) is 4.98 Å². The van der Waals surface area contributed by atoms with Gasteiger partial charge in [0.15, 0.2) is 0 Å². The van der Waals surface area contributed by atoms with Gasteiger partial charge in [0, 0.05) is 5.39 Å². The van der Waals surface area contributed by atoms with Gasteiger partial charge in [-0.1, -0.05) is 12.1 Å².